The van der Waals surface area contributed by atoms with Gasteiger partial charge in [-0.3, -0.25) is 4.79 Å². The van der Waals surface area contributed by atoms with Crippen LogP contribution in [0.1, 0.15) is 40.9 Å². The van der Waals surface area contributed by atoms with E-state index in [1.54, 1.807) is 0 Å². The van der Waals surface area contributed by atoms with Gasteiger partial charge in [0.1, 0.15) is 0 Å². The van der Waals surface area contributed by atoms with Crippen molar-refractivity contribution in [3.63, 3.8) is 0 Å². The molecule has 2 aromatic carbocycles. The minimum absolute atomic E-state index is 0.0308. The zero-order valence-electron chi connectivity index (χ0n) is 15.3. The Hall–Kier alpha value is -3.00. The zero-order chi connectivity index (χ0) is 18.4. The highest BCUT2D eigenvalue weighted by Crippen LogP contribution is 2.12. The predicted molar refractivity (Wildman–Crippen MR) is 107 cm³/mol. The van der Waals surface area contributed by atoms with Gasteiger partial charge in [0.25, 0.3) is 0 Å². The molecule has 1 aromatic heterocycles. The van der Waals surface area contributed by atoms with Crippen LogP contribution in [0.5, 0.6) is 0 Å². The first-order valence-electron chi connectivity index (χ1n) is 8.97. The van der Waals surface area contributed by atoms with Crippen LogP contribution in [0.25, 0.3) is 12.2 Å². The number of carbonyl (C=O) groups excluding carboxylic acids is 1. The van der Waals surface area contributed by atoms with E-state index in [0.29, 0.717) is 0 Å². The Morgan fingerprint density at radius 1 is 0.846 bits per heavy atom. The van der Waals surface area contributed by atoms with Crippen molar-refractivity contribution in [1.82, 2.24) is 0 Å². The van der Waals surface area contributed by atoms with Gasteiger partial charge in [-0.1, -0.05) is 80.6 Å². The lowest BCUT2D eigenvalue weighted by atomic mass is 10.00. The van der Waals surface area contributed by atoms with Gasteiger partial charge in [-0.25, -0.2) is 4.57 Å². The van der Waals surface area contributed by atoms with Gasteiger partial charge in [0.05, 0.1) is 0 Å². The van der Waals surface area contributed by atoms with Crippen LogP contribution in [0, 0.1) is 5.92 Å². The lowest BCUT2D eigenvalue weighted by Crippen LogP contribution is -2.32. The maximum Gasteiger partial charge on any atom is 0.173 e. The maximum atomic E-state index is 12.0. The number of carbonyl (C=O) groups is 1. The van der Waals surface area contributed by atoms with E-state index in [9.17, 15) is 4.79 Å². The fourth-order valence-corrected chi connectivity index (χ4v) is 2.76. The highest BCUT2D eigenvalue weighted by Gasteiger charge is 2.09. The van der Waals surface area contributed by atoms with Crippen molar-refractivity contribution in [2.24, 2.45) is 5.92 Å². The zero-order valence-corrected chi connectivity index (χ0v) is 15.3. The van der Waals surface area contributed by atoms with Gasteiger partial charge < -0.3 is 0 Å². The third kappa shape index (κ3) is 4.76. The summed E-state index contributed by atoms with van der Waals surface area (Å²) in [6, 6.07) is 22.4. The third-order valence-electron chi connectivity index (χ3n) is 4.31. The van der Waals surface area contributed by atoms with Gasteiger partial charge in [0.15, 0.2) is 24.7 Å². The molecule has 26 heavy (non-hydrogen) atoms. The van der Waals surface area contributed by atoms with Gasteiger partial charge >= 0.3 is 0 Å². The van der Waals surface area contributed by atoms with E-state index < -0.39 is 0 Å². The third-order valence-corrected chi connectivity index (χ3v) is 4.31. The van der Waals surface area contributed by atoms with E-state index in [0.717, 1.165) is 23.2 Å². The van der Waals surface area contributed by atoms with Crippen molar-refractivity contribution >= 4 is 17.9 Å². The minimum Gasteiger partial charge on any atom is -0.294 e. The second-order valence-corrected chi connectivity index (χ2v) is 6.76. The summed E-state index contributed by atoms with van der Waals surface area (Å²) in [5, 5.41) is 0. The first-order valence-corrected chi connectivity index (χ1v) is 8.97. The first-order chi connectivity index (χ1) is 12.6. The number of ketones is 1. The summed E-state index contributed by atoms with van der Waals surface area (Å²) in [5.74, 6) is 0.217. The molecule has 0 amide bonds. The van der Waals surface area contributed by atoms with Crippen LogP contribution in [-0.4, -0.2) is 5.78 Å². The lowest BCUT2D eigenvalue weighted by Gasteiger charge is -2.04. The number of hydrogen-bond donors (Lipinski definition) is 0. The number of nitrogens with zero attached hydrogens (tertiary/aromatic N) is 1. The average molecular weight is 342 g/mol. The quantitative estimate of drug-likeness (QED) is 0.454. The molecule has 0 aliphatic carbocycles. The van der Waals surface area contributed by atoms with E-state index in [1.165, 1.54) is 5.56 Å². The number of aromatic nitrogens is 1. The topological polar surface area (TPSA) is 20.9 Å². The van der Waals surface area contributed by atoms with Crippen LogP contribution in [-0.2, 0) is 6.54 Å². The molecule has 0 spiro atoms. The first kappa shape index (κ1) is 17.8. The number of Topliss-reactive ketones (excluding diaryl/α,β-unsaturated/α-hetero) is 1. The summed E-state index contributed by atoms with van der Waals surface area (Å²) >= 11 is 0. The normalized spacial score (nSPS) is 11.2. The molecule has 3 aromatic rings. The van der Waals surface area contributed by atoms with Crippen molar-refractivity contribution in [2.45, 2.75) is 20.4 Å². The van der Waals surface area contributed by atoms with Crippen molar-refractivity contribution in [3.8, 4) is 0 Å². The molecule has 1 heterocycles. The molecule has 0 aliphatic heterocycles. The van der Waals surface area contributed by atoms with Crippen molar-refractivity contribution < 1.29 is 9.36 Å². The van der Waals surface area contributed by atoms with E-state index in [4.69, 9.17) is 0 Å². The largest absolute Gasteiger partial charge is 0.294 e. The van der Waals surface area contributed by atoms with Gasteiger partial charge in [0.2, 0.25) is 0 Å². The van der Waals surface area contributed by atoms with Crippen LogP contribution in [0.4, 0.5) is 0 Å². The fraction of sp³-hybridized carbons (Fsp3) is 0.167. The molecule has 0 N–H and O–H groups in total. The van der Waals surface area contributed by atoms with Crippen molar-refractivity contribution in [3.05, 3.63) is 101 Å². The smallest absolute Gasteiger partial charge is 0.173 e. The Bertz CT molecular complexity index is 876. The molecule has 0 fully saturated rings. The number of pyridine rings is 1. The van der Waals surface area contributed by atoms with Gasteiger partial charge in [0, 0.05) is 29.2 Å². The fourth-order valence-electron chi connectivity index (χ4n) is 2.76. The van der Waals surface area contributed by atoms with Gasteiger partial charge in [-0.15, -0.1) is 0 Å². The van der Waals surface area contributed by atoms with Crippen LogP contribution < -0.4 is 4.57 Å². The Morgan fingerprint density at radius 3 is 2.00 bits per heavy atom. The van der Waals surface area contributed by atoms with Crippen LogP contribution >= 0.6 is 0 Å². The summed E-state index contributed by atoms with van der Waals surface area (Å²) in [5.41, 5.74) is 4.30. The Labute approximate surface area is 155 Å². The van der Waals surface area contributed by atoms with E-state index in [1.807, 2.05) is 44.2 Å². The van der Waals surface area contributed by atoms with Crippen molar-refractivity contribution in [2.75, 3.05) is 0 Å². The second-order valence-electron chi connectivity index (χ2n) is 6.76. The van der Waals surface area contributed by atoms with Gasteiger partial charge in [-0.2, -0.15) is 0 Å². The minimum atomic E-state index is 0.0308. The summed E-state index contributed by atoms with van der Waals surface area (Å²) < 4.78 is 2.17. The highest BCUT2D eigenvalue weighted by molar-refractivity contribution is 5.97. The molecule has 0 unspecified atom stereocenters. The molecule has 0 bridgehead atoms. The number of hydrogen-bond acceptors (Lipinski definition) is 1. The molecule has 0 radical (unpaired) electrons. The Balaban J connectivity index is 1.64. The molecule has 0 aliphatic rings. The summed E-state index contributed by atoms with van der Waals surface area (Å²) in [4.78, 5) is 12.0. The maximum absolute atomic E-state index is 12.0. The van der Waals surface area contributed by atoms with E-state index in [-0.39, 0.29) is 11.7 Å². The summed E-state index contributed by atoms with van der Waals surface area (Å²) in [6.07, 6.45) is 8.35. The molecule has 2 heteroatoms. The molecule has 3 rings (SSSR count). The summed E-state index contributed by atoms with van der Waals surface area (Å²) in [7, 11) is 0. The SMILES string of the molecule is CC(C)C(=O)c1ccc(C=Cc2cc[n+](Cc3ccccc3)cc2)cc1. The predicted octanol–water partition coefficient (Wildman–Crippen LogP) is 5.03. The standard InChI is InChI=1S/C24H24NO/c1-19(2)24(26)23-12-10-20(11-13-23)8-9-21-14-16-25(17-15-21)18-22-6-4-3-5-7-22/h3-17,19H,18H2,1-2H3/q+1. The second kappa shape index (κ2) is 8.39. The van der Waals surface area contributed by atoms with Crippen LogP contribution in [0.2, 0.25) is 0 Å². The summed E-state index contributed by atoms with van der Waals surface area (Å²) in [6.45, 7) is 4.72. The molecular weight excluding hydrogens is 318 g/mol. The van der Waals surface area contributed by atoms with Crippen LogP contribution in [0.15, 0.2) is 79.1 Å². The Kier molecular flexibility index (Phi) is 5.75. The number of rotatable bonds is 6. The molecule has 0 atom stereocenters. The number of benzene rings is 2. The molecule has 0 saturated carbocycles. The van der Waals surface area contributed by atoms with E-state index in [2.05, 4.69) is 65.5 Å². The monoisotopic (exact) mass is 342 g/mol. The van der Waals surface area contributed by atoms with Crippen molar-refractivity contribution in [1.29, 1.82) is 0 Å². The molecule has 0 saturated heterocycles. The highest BCUT2D eigenvalue weighted by atomic mass is 16.1. The molecule has 130 valence electrons. The molecule has 2 nitrogen and oxygen atoms in total. The van der Waals surface area contributed by atoms with Crippen LogP contribution in [0.3, 0.4) is 0 Å². The Morgan fingerprint density at radius 2 is 1.42 bits per heavy atom. The average Bonchev–Trinajstić information content (AvgIpc) is 2.68. The molecular formula is C24H24NO+. The lowest BCUT2D eigenvalue weighted by molar-refractivity contribution is -0.688. The van der Waals surface area contributed by atoms with E-state index >= 15 is 0 Å². The van der Waals surface area contributed by atoms with Gasteiger partial charge in [-0.05, 0) is 11.1 Å².